The Balaban J connectivity index is 1.88. The molecule has 2 aromatic carbocycles. The molecule has 0 saturated heterocycles. The third kappa shape index (κ3) is 4.55. The minimum Gasteiger partial charge on any atom is -0.406 e. The lowest BCUT2D eigenvalue weighted by atomic mass is 10.0. The smallest absolute Gasteiger partial charge is 0.406 e. The van der Waals surface area contributed by atoms with Gasteiger partial charge in [0.25, 0.3) is 5.91 Å². The van der Waals surface area contributed by atoms with E-state index in [0.29, 0.717) is 5.39 Å². The SMILES string of the molecule is O=C(NC(CO)c1cccc(OC(F)(F)F)c1)c1cc(F)cc2cccnc12. The zero-order valence-electron chi connectivity index (χ0n) is 14.2. The third-order valence-electron chi connectivity index (χ3n) is 3.90. The molecular formula is C19H14F4N2O3. The highest BCUT2D eigenvalue weighted by atomic mass is 19.4. The highest BCUT2D eigenvalue weighted by molar-refractivity contribution is 6.05. The number of carbonyl (C=O) groups is 1. The summed E-state index contributed by atoms with van der Waals surface area (Å²) in [7, 11) is 0. The Morgan fingerprint density at radius 3 is 2.68 bits per heavy atom. The van der Waals surface area contributed by atoms with Gasteiger partial charge in [-0.05, 0) is 35.9 Å². The first-order chi connectivity index (χ1) is 13.3. The number of hydrogen-bond donors (Lipinski definition) is 2. The van der Waals surface area contributed by atoms with E-state index >= 15 is 0 Å². The minimum absolute atomic E-state index is 0.0586. The van der Waals surface area contributed by atoms with E-state index in [-0.39, 0.29) is 16.6 Å². The molecule has 5 nitrogen and oxygen atoms in total. The second-order valence-electron chi connectivity index (χ2n) is 5.86. The summed E-state index contributed by atoms with van der Waals surface area (Å²) < 4.78 is 54.8. The first-order valence-corrected chi connectivity index (χ1v) is 8.08. The van der Waals surface area contributed by atoms with E-state index in [2.05, 4.69) is 15.0 Å². The number of amides is 1. The van der Waals surface area contributed by atoms with E-state index in [1.807, 2.05) is 0 Å². The lowest BCUT2D eigenvalue weighted by molar-refractivity contribution is -0.274. The van der Waals surface area contributed by atoms with Crippen molar-refractivity contribution in [2.75, 3.05) is 6.61 Å². The first-order valence-electron chi connectivity index (χ1n) is 8.08. The molecule has 28 heavy (non-hydrogen) atoms. The molecule has 2 N–H and O–H groups in total. The maximum Gasteiger partial charge on any atom is 0.573 e. The van der Waals surface area contributed by atoms with Crippen LogP contribution in [0.5, 0.6) is 5.75 Å². The summed E-state index contributed by atoms with van der Waals surface area (Å²) >= 11 is 0. The Morgan fingerprint density at radius 2 is 1.96 bits per heavy atom. The largest absolute Gasteiger partial charge is 0.573 e. The zero-order valence-corrected chi connectivity index (χ0v) is 14.2. The van der Waals surface area contributed by atoms with Crippen molar-refractivity contribution in [3.63, 3.8) is 0 Å². The van der Waals surface area contributed by atoms with Gasteiger partial charge in [0, 0.05) is 11.6 Å². The zero-order chi connectivity index (χ0) is 20.3. The van der Waals surface area contributed by atoms with Gasteiger partial charge in [-0.15, -0.1) is 13.2 Å². The van der Waals surface area contributed by atoms with Crippen molar-refractivity contribution in [1.29, 1.82) is 0 Å². The molecule has 9 heteroatoms. The summed E-state index contributed by atoms with van der Waals surface area (Å²) in [5.74, 6) is -1.87. The van der Waals surface area contributed by atoms with Crippen molar-refractivity contribution in [1.82, 2.24) is 10.3 Å². The number of nitrogens with one attached hydrogen (secondary N) is 1. The fourth-order valence-electron chi connectivity index (χ4n) is 2.73. The van der Waals surface area contributed by atoms with E-state index in [9.17, 15) is 27.5 Å². The van der Waals surface area contributed by atoms with Crippen LogP contribution in [0.4, 0.5) is 17.6 Å². The topological polar surface area (TPSA) is 71.5 Å². The van der Waals surface area contributed by atoms with E-state index in [4.69, 9.17) is 0 Å². The molecule has 0 aliphatic carbocycles. The van der Waals surface area contributed by atoms with Crippen LogP contribution < -0.4 is 10.1 Å². The summed E-state index contributed by atoms with van der Waals surface area (Å²) in [6.07, 6.45) is -3.43. The molecule has 146 valence electrons. The van der Waals surface area contributed by atoms with Gasteiger partial charge >= 0.3 is 6.36 Å². The molecule has 1 heterocycles. The number of aliphatic hydroxyl groups excluding tert-OH is 1. The van der Waals surface area contributed by atoms with Crippen LogP contribution in [0.25, 0.3) is 10.9 Å². The van der Waals surface area contributed by atoms with Crippen LogP contribution in [0, 0.1) is 5.82 Å². The predicted octanol–water partition coefficient (Wildman–Crippen LogP) is 3.74. The van der Waals surface area contributed by atoms with Gasteiger partial charge in [-0.1, -0.05) is 18.2 Å². The second-order valence-corrected chi connectivity index (χ2v) is 5.86. The fraction of sp³-hybridized carbons (Fsp3) is 0.158. The first kappa shape index (κ1) is 19.6. The summed E-state index contributed by atoms with van der Waals surface area (Å²) in [5.41, 5.74) is 0.384. The molecule has 0 spiro atoms. The number of fused-ring (bicyclic) bond motifs is 1. The van der Waals surface area contributed by atoms with E-state index in [1.54, 1.807) is 12.1 Å². The quantitative estimate of drug-likeness (QED) is 0.647. The molecule has 1 atom stereocenters. The fourth-order valence-corrected chi connectivity index (χ4v) is 2.73. The van der Waals surface area contributed by atoms with Crippen molar-refractivity contribution in [2.45, 2.75) is 12.4 Å². The van der Waals surface area contributed by atoms with Gasteiger partial charge in [0.2, 0.25) is 0 Å². The molecular weight excluding hydrogens is 380 g/mol. The summed E-state index contributed by atoms with van der Waals surface area (Å²) in [4.78, 5) is 16.7. The van der Waals surface area contributed by atoms with E-state index < -0.39 is 36.5 Å². The van der Waals surface area contributed by atoms with Crippen molar-refractivity contribution in [3.05, 3.63) is 71.7 Å². The van der Waals surface area contributed by atoms with Gasteiger partial charge < -0.3 is 15.2 Å². The summed E-state index contributed by atoms with van der Waals surface area (Å²) in [5, 5.41) is 12.5. The molecule has 1 aromatic heterocycles. The van der Waals surface area contributed by atoms with Crippen LogP contribution in [0.3, 0.4) is 0 Å². The van der Waals surface area contributed by atoms with Gasteiger partial charge in [-0.2, -0.15) is 0 Å². The molecule has 0 bridgehead atoms. The maximum atomic E-state index is 13.8. The standard InChI is InChI=1S/C19H14F4N2O3/c20-13-7-12-4-2-6-24-17(12)15(9-13)18(27)25-16(10-26)11-3-1-5-14(8-11)28-19(21,22)23/h1-9,16,26H,10H2,(H,25,27). The number of alkyl halides is 3. The Labute approximate surface area is 156 Å². The molecule has 0 fully saturated rings. The number of hydrogen-bond acceptors (Lipinski definition) is 4. The van der Waals surface area contributed by atoms with Crippen LogP contribution in [0.1, 0.15) is 22.0 Å². The highest BCUT2D eigenvalue weighted by Crippen LogP contribution is 2.26. The lowest BCUT2D eigenvalue weighted by Crippen LogP contribution is -2.31. The third-order valence-corrected chi connectivity index (χ3v) is 3.90. The normalized spacial score (nSPS) is 12.6. The molecule has 0 radical (unpaired) electrons. The van der Waals surface area contributed by atoms with Crippen LogP contribution in [-0.4, -0.2) is 29.0 Å². The summed E-state index contributed by atoms with van der Waals surface area (Å²) in [6, 6.07) is 9.23. The Hall–Kier alpha value is -3.20. The Kier molecular flexibility index (Phi) is 5.46. The average Bonchev–Trinajstić information content (AvgIpc) is 2.64. The second kappa shape index (κ2) is 7.81. The van der Waals surface area contributed by atoms with Crippen LogP contribution in [0.15, 0.2) is 54.7 Å². The Bertz CT molecular complexity index is 1010. The molecule has 1 unspecified atom stereocenters. The Morgan fingerprint density at radius 1 is 1.18 bits per heavy atom. The van der Waals surface area contributed by atoms with Crippen LogP contribution >= 0.6 is 0 Å². The molecule has 3 rings (SSSR count). The monoisotopic (exact) mass is 394 g/mol. The lowest BCUT2D eigenvalue weighted by Gasteiger charge is -2.18. The van der Waals surface area contributed by atoms with Crippen molar-refractivity contribution in [2.24, 2.45) is 0 Å². The van der Waals surface area contributed by atoms with E-state index in [0.717, 1.165) is 18.2 Å². The maximum absolute atomic E-state index is 13.8. The number of halogens is 4. The minimum atomic E-state index is -4.87. The number of nitrogens with zero attached hydrogens (tertiary/aromatic N) is 1. The van der Waals surface area contributed by atoms with Gasteiger partial charge in [0.1, 0.15) is 11.6 Å². The van der Waals surface area contributed by atoms with Gasteiger partial charge in [0.05, 0.1) is 23.7 Å². The number of carbonyl (C=O) groups excluding carboxylic acids is 1. The van der Waals surface area contributed by atoms with Gasteiger partial charge in [0.15, 0.2) is 0 Å². The molecule has 0 saturated carbocycles. The number of aliphatic hydroxyl groups is 1. The molecule has 1 amide bonds. The molecule has 3 aromatic rings. The van der Waals surface area contributed by atoms with Crippen molar-refractivity contribution in [3.8, 4) is 5.75 Å². The number of benzene rings is 2. The molecule has 0 aliphatic rings. The predicted molar refractivity (Wildman–Crippen MR) is 92.1 cm³/mol. The average molecular weight is 394 g/mol. The van der Waals surface area contributed by atoms with Crippen molar-refractivity contribution >= 4 is 16.8 Å². The number of pyridine rings is 1. The van der Waals surface area contributed by atoms with Gasteiger partial charge in [-0.3, -0.25) is 9.78 Å². The number of aromatic nitrogens is 1. The summed E-state index contributed by atoms with van der Waals surface area (Å²) in [6.45, 7) is -0.595. The van der Waals surface area contributed by atoms with Gasteiger partial charge in [-0.25, -0.2) is 4.39 Å². The van der Waals surface area contributed by atoms with Crippen LogP contribution in [0.2, 0.25) is 0 Å². The number of ether oxygens (including phenoxy) is 1. The highest BCUT2D eigenvalue weighted by Gasteiger charge is 2.31. The van der Waals surface area contributed by atoms with Crippen LogP contribution in [-0.2, 0) is 0 Å². The van der Waals surface area contributed by atoms with Crippen molar-refractivity contribution < 1.29 is 32.2 Å². The molecule has 0 aliphatic heterocycles. The van der Waals surface area contributed by atoms with E-state index in [1.165, 1.54) is 24.4 Å². The number of rotatable bonds is 5.